The monoisotopic (exact) mass is 528 g/mol. The van der Waals surface area contributed by atoms with Crippen molar-refractivity contribution in [2.75, 3.05) is 83.8 Å². The molecule has 0 aliphatic carbocycles. The van der Waals surface area contributed by atoms with Crippen LogP contribution in [0.3, 0.4) is 0 Å². The minimum atomic E-state index is -0.0366. The van der Waals surface area contributed by atoms with Gasteiger partial charge in [0.25, 0.3) is 0 Å². The number of nitrogens with zero attached hydrogens (tertiary/aromatic N) is 3. The molecule has 1 heterocycles. The van der Waals surface area contributed by atoms with Crippen molar-refractivity contribution in [2.45, 2.75) is 0 Å². The van der Waals surface area contributed by atoms with Gasteiger partial charge in [0.05, 0.1) is 13.7 Å². The number of rotatable bonds is 12. The fourth-order valence-corrected chi connectivity index (χ4v) is 4.85. The molecule has 0 unspecified atom stereocenters. The van der Waals surface area contributed by atoms with Gasteiger partial charge < -0.3 is 25.0 Å². The van der Waals surface area contributed by atoms with E-state index in [0.717, 1.165) is 73.1 Å². The molecule has 39 heavy (non-hydrogen) atoms. The van der Waals surface area contributed by atoms with E-state index in [1.807, 2.05) is 54.6 Å². The number of para-hydroxylation sites is 1. The van der Waals surface area contributed by atoms with Crippen molar-refractivity contribution in [2.24, 2.45) is 0 Å². The summed E-state index contributed by atoms with van der Waals surface area (Å²) in [5.41, 5.74) is 5.51. The fourth-order valence-electron chi connectivity index (χ4n) is 4.85. The highest BCUT2D eigenvalue weighted by Gasteiger charge is 2.22. The van der Waals surface area contributed by atoms with Crippen LogP contribution in [0.5, 0.6) is 5.75 Å². The van der Waals surface area contributed by atoms with Crippen LogP contribution in [0.25, 0.3) is 17.2 Å². The first kappa shape index (κ1) is 28.4. The fraction of sp³-hybridized carbons (Fsp3) is 0.344. The van der Waals surface area contributed by atoms with Crippen LogP contribution in [-0.2, 0) is 0 Å². The van der Waals surface area contributed by atoms with Gasteiger partial charge in [-0.3, -0.25) is 9.69 Å². The van der Waals surface area contributed by atoms with Gasteiger partial charge in [-0.2, -0.15) is 0 Å². The number of hydrogen-bond acceptors (Lipinski definition) is 7. The maximum absolute atomic E-state index is 13.7. The van der Waals surface area contributed by atoms with E-state index in [4.69, 9.17) is 4.74 Å². The Kier molecular flexibility index (Phi) is 10.1. The number of allylic oxidation sites excluding steroid dienone is 1. The molecule has 0 atom stereocenters. The summed E-state index contributed by atoms with van der Waals surface area (Å²) >= 11 is 0. The Balaban J connectivity index is 1.61. The number of nitrogens with one attached hydrogen (secondary N) is 1. The van der Waals surface area contributed by atoms with E-state index in [2.05, 4.69) is 52.3 Å². The third-order valence-corrected chi connectivity index (χ3v) is 7.01. The Labute approximate surface area is 232 Å². The quantitative estimate of drug-likeness (QED) is 0.268. The number of carbonyl (C=O) groups is 1. The van der Waals surface area contributed by atoms with Gasteiger partial charge in [0.15, 0.2) is 5.78 Å². The van der Waals surface area contributed by atoms with E-state index in [1.54, 1.807) is 13.2 Å². The molecule has 1 aliphatic rings. The number of carbonyl (C=O) groups excluding carboxylic acids is 1. The number of ketones is 1. The average Bonchev–Trinajstić information content (AvgIpc) is 2.96. The van der Waals surface area contributed by atoms with Crippen LogP contribution < -0.4 is 15.0 Å². The highest BCUT2D eigenvalue weighted by molar-refractivity contribution is 6.11. The number of benzene rings is 3. The molecule has 0 saturated carbocycles. The van der Waals surface area contributed by atoms with Crippen molar-refractivity contribution in [1.82, 2.24) is 9.80 Å². The predicted molar refractivity (Wildman–Crippen MR) is 161 cm³/mol. The van der Waals surface area contributed by atoms with Crippen molar-refractivity contribution in [3.05, 3.63) is 83.9 Å². The molecule has 0 bridgehead atoms. The van der Waals surface area contributed by atoms with Crippen molar-refractivity contribution in [3.8, 4) is 16.9 Å². The number of aliphatic hydroxyl groups excluding tert-OH is 1. The number of methoxy groups -OCH3 is 1. The zero-order chi connectivity index (χ0) is 27.6. The third-order valence-electron chi connectivity index (χ3n) is 7.01. The van der Waals surface area contributed by atoms with Crippen molar-refractivity contribution >= 4 is 23.2 Å². The number of likely N-dealkylation sites (N-methyl/N-ethyl adjacent to an activating group) is 1. The molecule has 1 fully saturated rings. The Morgan fingerprint density at radius 2 is 1.82 bits per heavy atom. The lowest BCUT2D eigenvalue weighted by molar-refractivity contribution is 0.104. The lowest BCUT2D eigenvalue weighted by atomic mass is 9.97. The molecule has 0 radical (unpaired) electrons. The SMILES string of the molecule is COc1ccccc1-c1ccc(N2CCN(CCO)CC2)c(C(=O)C=Cc2cccc(NCCN(C)C)c2)c1. The number of piperazine rings is 1. The number of anilines is 2. The van der Waals surface area contributed by atoms with Crippen LogP contribution in [0, 0.1) is 0 Å². The van der Waals surface area contributed by atoms with Gasteiger partial charge in [-0.25, -0.2) is 0 Å². The Morgan fingerprint density at radius 1 is 1.03 bits per heavy atom. The Bertz CT molecular complexity index is 1270. The van der Waals surface area contributed by atoms with Gasteiger partial charge in [-0.1, -0.05) is 42.5 Å². The second-order valence-electron chi connectivity index (χ2n) is 10.0. The van der Waals surface area contributed by atoms with Gasteiger partial charge in [0.1, 0.15) is 5.75 Å². The summed E-state index contributed by atoms with van der Waals surface area (Å²) in [6, 6.07) is 22.1. The largest absolute Gasteiger partial charge is 0.496 e. The third kappa shape index (κ3) is 7.69. The molecular formula is C32H40N4O3. The Morgan fingerprint density at radius 3 is 2.56 bits per heavy atom. The first-order valence-electron chi connectivity index (χ1n) is 13.5. The summed E-state index contributed by atoms with van der Waals surface area (Å²) < 4.78 is 5.60. The number of aliphatic hydroxyl groups is 1. The molecule has 0 spiro atoms. The molecule has 1 saturated heterocycles. The lowest BCUT2D eigenvalue weighted by Crippen LogP contribution is -2.47. The normalized spacial score (nSPS) is 14.2. The first-order valence-corrected chi connectivity index (χ1v) is 13.5. The second-order valence-corrected chi connectivity index (χ2v) is 10.0. The van der Waals surface area contributed by atoms with E-state index in [0.29, 0.717) is 12.1 Å². The van der Waals surface area contributed by atoms with Crippen LogP contribution in [-0.4, -0.2) is 94.3 Å². The van der Waals surface area contributed by atoms with Crippen LogP contribution in [0.4, 0.5) is 11.4 Å². The van der Waals surface area contributed by atoms with Gasteiger partial charge >= 0.3 is 0 Å². The van der Waals surface area contributed by atoms with Crippen molar-refractivity contribution < 1.29 is 14.6 Å². The van der Waals surface area contributed by atoms with Crippen LogP contribution in [0.1, 0.15) is 15.9 Å². The molecule has 0 amide bonds. The maximum atomic E-state index is 13.7. The zero-order valence-corrected chi connectivity index (χ0v) is 23.3. The number of β-amino-alcohol motifs (C(OH)–C–C–N with tert-alkyl or cyclic N) is 1. The summed E-state index contributed by atoms with van der Waals surface area (Å²) in [6.07, 6.45) is 3.56. The average molecular weight is 529 g/mol. The molecule has 0 aromatic heterocycles. The standard InChI is InChI=1S/C32H40N4O3/c1-34(2)16-15-33-27-8-6-7-25(23-27)11-14-31(38)29-24-26(28-9-4-5-10-32(28)39-3)12-13-30(29)36-19-17-35(18-20-36)21-22-37/h4-14,23-24,33,37H,15-22H2,1-3H3. The van der Waals surface area contributed by atoms with E-state index >= 15 is 0 Å². The smallest absolute Gasteiger partial charge is 0.187 e. The molecule has 4 rings (SSSR count). The molecule has 3 aromatic carbocycles. The lowest BCUT2D eigenvalue weighted by Gasteiger charge is -2.36. The van der Waals surface area contributed by atoms with Gasteiger partial charge in [0.2, 0.25) is 0 Å². The van der Waals surface area contributed by atoms with E-state index in [1.165, 1.54) is 0 Å². The number of ether oxygens (including phenoxy) is 1. The second kappa shape index (κ2) is 13.9. The summed E-state index contributed by atoms with van der Waals surface area (Å²) in [4.78, 5) is 20.4. The molecule has 7 heteroatoms. The zero-order valence-electron chi connectivity index (χ0n) is 23.3. The molecular weight excluding hydrogens is 488 g/mol. The molecule has 7 nitrogen and oxygen atoms in total. The van der Waals surface area contributed by atoms with Gasteiger partial charge in [0, 0.05) is 68.3 Å². The number of hydrogen-bond donors (Lipinski definition) is 2. The van der Waals surface area contributed by atoms with Crippen LogP contribution in [0.2, 0.25) is 0 Å². The van der Waals surface area contributed by atoms with E-state index in [9.17, 15) is 9.90 Å². The van der Waals surface area contributed by atoms with Crippen molar-refractivity contribution in [1.29, 1.82) is 0 Å². The van der Waals surface area contributed by atoms with Crippen molar-refractivity contribution in [3.63, 3.8) is 0 Å². The van der Waals surface area contributed by atoms with Gasteiger partial charge in [-0.15, -0.1) is 0 Å². The molecule has 1 aliphatic heterocycles. The first-order chi connectivity index (χ1) is 19.0. The van der Waals surface area contributed by atoms with Crippen LogP contribution >= 0.6 is 0 Å². The highest BCUT2D eigenvalue weighted by Crippen LogP contribution is 2.34. The topological polar surface area (TPSA) is 68.3 Å². The summed E-state index contributed by atoms with van der Waals surface area (Å²) in [5, 5.41) is 12.7. The summed E-state index contributed by atoms with van der Waals surface area (Å²) in [6.45, 7) is 5.95. The minimum Gasteiger partial charge on any atom is -0.496 e. The summed E-state index contributed by atoms with van der Waals surface area (Å²) in [7, 11) is 5.77. The Hall–Kier alpha value is -3.65. The van der Waals surface area contributed by atoms with E-state index < -0.39 is 0 Å². The van der Waals surface area contributed by atoms with Gasteiger partial charge in [-0.05, 0) is 61.6 Å². The maximum Gasteiger partial charge on any atom is 0.187 e. The summed E-state index contributed by atoms with van der Waals surface area (Å²) in [5.74, 6) is 0.737. The molecule has 3 aromatic rings. The minimum absolute atomic E-state index is 0.0366. The highest BCUT2D eigenvalue weighted by atomic mass is 16.5. The molecule has 206 valence electrons. The predicted octanol–water partition coefficient (Wildman–Crippen LogP) is 4.35. The molecule has 2 N–H and O–H groups in total. The van der Waals surface area contributed by atoms with E-state index in [-0.39, 0.29) is 12.4 Å². The van der Waals surface area contributed by atoms with Crippen LogP contribution in [0.15, 0.2) is 72.8 Å².